The Bertz CT molecular complexity index is 3340. The van der Waals surface area contributed by atoms with Gasteiger partial charge in [-0.2, -0.15) is 0 Å². The van der Waals surface area contributed by atoms with Gasteiger partial charge in [0.15, 0.2) is 0 Å². The van der Waals surface area contributed by atoms with Crippen LogP contribution in [-0.4, -0.2) is 29.9 Å². The zero-order valence-electron chi connectivity index (χ0n) is 33.1. The van der Waals surface area contributed by atoms with Gasteiger partial charge >= 0.3 is 357 Å². The van der Waals surface area contributed by atoms with Crippen molar-refractivity contribution in [3.63, 3.8) is 0 Å². The van der Waals surface area contributed by atoms with Gasteiger partial charge < -0.3 is 0 Å². The number of nitrogens with zero attached hydrogens (tertiary/aromatic N) is 3. The van der Waals surface area contributed by atoms with Crippen LogP contribution in [0.4, 0.5) is 0 Å². The van der Waals surface area contributed by atoms with Gasteiger partial charge in [0.25, 0.3) is 0 Å². The maximum atomic E-state index is 5.20. The fraction of sp³-hybridized carbons (Fsp3) is 0. The van der Waals surface area contributed by atoms with Crippen molar-refractivity contribution in [2.24, 2.45) is 0 Å². The molecule has 0 N–H and O–H groups in total. The predicted octanol–water partition coefficient (Wildman–Crippen LogP) is 14.6. The van der Waals surface area contributed by atoms with E-state index in [0.717, 1.165) is 72.6 Å². The molecule has 0 radical (unpaired) electrons. The van der Waals surface area contributed by atoms with Gasteiger partial charge in [0.1, 0.15) is 0 Å². The first-order valence-electron chi connectivity index (χ1n) is 20.5. The Morgan fingerprint density at radius 2 is 0.738 bits per heavy atom. The number of hydrogen-bond acceptors (Lipinski definition) is 3. The van der Waals surface area contributed by atoms with E-state index in [1.54, 1.807) is 0 Å². The average molecular weight is 843 g/mol. The Labute approximate surface area is 361 Å². The summed E-state index contributed by atoms with van der Waals surface area (Å²) < 4.78 is 2.78. The van der Waals surface area contributed by atoms with Crippen LogP contribution < -0.4 is 0 Å². The predicted molar refractivity (Wildman–Crippen MR) is 255 cm³/mol. The normalized spacial score (nSPS) is 11.3. The zero-order chi connectivity index (χ0) is 40.5. The summed E-state index contributed by atoms with van der Waals surface area (Å²) in [6, 6.07) is 80.4. The Balaban J connectivity index is 1.34. The van der Waals surface area contributed by atoms with Crippen LogP contribution in [0.15, 0.2) is 224 Å². The van der Waals surface area contributed by atoms with E-state index in [0.29, 0.717) is 0 Å². The monoisotopic (exact) mass is 843 g/mol. The quantitative estimate of drug-likeness (QED) is 0.143. The topological polar surface area (TPSA) is 38.7 Å². The molecule has 3 nitrogen and oxygen atoms in total. The first-order chi connectivity index (χ1) is 30.3. The molecule has 0 unspecified atom stereocenters. The Hall–Kier alpha value is -7.49. The van der Waals surface area contributed by atoms with Crippen LogP contribution in [0.25, 0.3) is 109 Å². The van der Waals surface area contributed by atoms with Crippen molar-refractivity contribution >= 4 is 33.8 Å². The molecule has 2 heterocycles. The van der Waals surface area contributed by atoms with E-state index in [9.17, 15) is 0 Å². The molecule has 0 fully saturated rings. The van der Waals surface area contributed by atoms with Crippen molar-refractivity contribution in [2.45, 2.75) is 0 Å². The molecule has 0 atom stereocenters. The second-order valence-electron chi connectivity index (χ2n) is 15.1. The minimum atomic E-state index is 0.157. The molecule has 9 aromatic carbocycles. The molecule has 2 aromatic heterocycles. The van der Waals surface area contributed by atoms with Gasteiger partial charge in [-0.05, 0) is 0 Å². The molecule has 0 aliphatic carbocycles. The number of fused-ring (bicyclic) bond motifs is 3. The fourth-order valence-electron chi connectivity index (χ4n) is 8.91. The van der Waals surface area contributed by atoms with Crippen molar-refractivity contribution in [3.05, 3.63) is 224 Å². The van der Waals surface area contributed by atoms with Gasteiger partial charge in [0.2, 0.25) is 0 Å². The van der Waals surface area contributed by atoms with Crippen molar-refractivity contribution in [3.8, 4) is 89.3 Å². The molecule has 0 aliphatic heterocycles. The summed E-state index contributed by atoms with van der Waals surface area (Å²) in [4.78, 5) is 0. The van der Waals surface area contributed by atoms with Crippen LogP contribution in [0.5, 0.6) is 0 Å². The van der Waals surface area contributed by atoms with Gasteiger partial charge in [0.05, 0.1) is 0 Å². The van der Waals surface area contributed by atoms with Gasteiger partial charge in [-0.1, -0.05) is 6.07 Å². The van der Waals surface area contributed by atoms with E-state index in [4.69, 9.17) is 10.2 Å². The molecule has 0 amide bonds. The van der Waals surface area contributed by atoms with Crippen LogP contribution in [0.3, 0.4) is 0 Å². The summed E-state index contributed by atoms with van der Waals surface area (Å²) in [5.41, 5.74) is 16.9. The molecule has 0 saturated heterocycles. The van der Waals surface area contributed by atoms with Crippen LogP contribution in [-0.2, 0) is 0 Å². The summed E-state index contributed by atoms with van der Waals surface area (Å²) in [6.07, 6.45) is 0. The molecule has 4 heteroatoms. The van der Waals surface area contributed by atoms with Crippen LogP contribution in [0, 0.1) is 0 Å². The van der Waals surface area contributed by atoms with E-state index in [1.807, 2.05) is 6.07 Å². The zero-order valence-corrected chi connectivity index (χ0v) is 34.8. The third kappa shape index (κ3) is 6.60. The molecule has 11 rings (SSSR count). The standard InChI is InChI=1S/C57H37N3Se/c1-5-20-38(21-6-1)42-28-13-15-30-45(42)47-33-19-34-49(52-44(40-24-9-3-10-25-40)36-37-51-54(52)48-32-17-18-35-50(48)61-51)53(47)57-55(56(58-60-59-57)41-26-11-4-12-27-41)46-31-16-14-29-43(46)39-22-7-2-8-23-39/h1-37H. The van der Waals surface area contributed by atoms with E-state index in [1.165, 1.54) is 36.0 Å². The first-order valence-corrected chi connectivity index (χ1v) is 22.2. The SMILES string of the molecule is c1ccc(-c2ccccc2-c2cccc(-c3c(-c4ccccc4)ccc4[se]c5ccccc5c34)c2-c2nnnc(-c3ccccc3)c2-c2ccccc2-c2ccccc2)cc1. The first kappa shape index (κ1) is 36.6. The number of rotatable bonds is 8. The molecule has 0 spiro atoms. The number of hydrogen-bond donors (Lipinski definition) is 0. The van der Waals surface area contributed by atoms with Crippen molar-refractivity contribution in [1.82, 2.24) is 15.4 Å². The van der Waals surface area contributed by atoms with Gasteiger partial charge in [-0.3, -0.25) is 0 Å². The summed E-state index contributed by atoms with van der Waals surface area (Å²) in [5.74, 6) is 0. The summed E-state index contributed by atoms with van der Waals surface area (Å²) in [6.45, 7) is 0. The Morgan fingerprint density at radius 1 is 0.262 bits per heavy atom. The third-order valence-corrected chi connectivity index (χ3v) is 14.0. The van der Waals surface area contributed by atoms with Crippen LogP contribution in [0.1, 0.15) is 0 Å². The second-order valence-corrected chi connectivity index (χ2v) is 17.4. The molecular formula is C57H37N3Se. The summed E-state index contributed by atoms with van der Waals surface area (Å²) >= 11 is 0.157. The molecule has 0 aliphatic rings. The molecule has 286 valence electrons. The fourth-order valence-corrected chi connectivity index (χ4v) is 11.2. The molecule has 11 aromatic rings. The van der Waals surface area contributed by atoms with Crippen molar-refractivity contribution in [2.75, 3.05) is 0 Å². The van der Waals surface area contributed by atoms with E-state index >= 15 is 0 Å². The maximum absolute atomic E-state index is 5.20. The van der Waals surface area contributed by atoms with Gasteiger partial charge in [-0.25, -0.2) is 0 Å². The third-order valence-electron chi connectivity index (χ3n) is 11.6. The van der Waals surface area contributed by atoms with E-state index in [-0.39, 0.29) is 14.5 Å². The number of aromatic nitrogens is 3. The summed E-state index contributed by atoms with van der Waals surface area (Å²) in [5, 5.41) is 17.4. The molecule has 0 bridgehead atoms. The molecule has 0 saturated carbocycles. The molecule has 61 heavy (non-hydrogen) atoms. The number of benzene rings is 9. The van der Waals surface area contributed by atoms with E-state index < -0.39 is 0 Å². The van der Waals surface area contributed by atoms with Crippen LogP contribution in [0.2, 0.25) is 0 Å². The van der Waals surface area contributed by atoms with Crippen LogP contribution >= 0.6 is 0 Å². The Morgan fingerprint density at radius 3 is 1.39 bits per heavy atom. The van der Waals surface area contributed by atoms with E-state index in [2.05, 4.69) is 224 Å². The Kier molecular flexibility index (Phi) is 9.55. The van der Waals surface area contributed by atoms with Crippen molar-refractivity contribution in [1.29, 1.82) is 0 Å². The second kappa shape index (κ2) is 15.9. The molecular weight excluding hydrogens is 806 g/mol. The average Bonchev–Trinajstić information content (AvgIpc) is 3.73. The van der Waals surface area contributed by atoms with Crippen molar-refractivity contribution < 1.29 is 0 Å². The minimum absolute atomic E-state index is 0.157. The van der Waals surface area contributed by atoms with Gasteiger partial charge in [0, 0.05) is 0 Å². The summed E-state index contributed by atoms with van der Waals surface area (Å²) in [7, 11) is 0. The van der Waals surface area contributed by atoms with Gasteiger partial charge in [-0.15, -0.1) is 0 Å².